The van der Waals surface area contributed by atoms with Crippen LogP contribution in [0.4, 0.5) is 15.9 Å². The highest BCUT2D eigenvalue weighted by atomic mass is 35.5. The maximum Gasteiger partial charge on any atom is 0.338 e. The minimum absolute atomic E-state index is 0.0318. The maximum absolute atomic E-state index is 13.8. The topological polar surface area (TPSA) is 326 Å². The van der Waals surface area contributed by atoms with Crippen LogP contribution < -0.4 is 11.1 Å². The highest BCUT2D eigenvalue weighted by Crippen LogP contribution is 2.42. The number of imide groups is 1. The lowest BCUT2D eigenvalue weighted by Gasteiger charge is -2.36. The largest absolute Gasteiger partial charge is 0.459 e. The number of carbonyl (C=O) groups is 4. The Balaban J connectivity index is -0.000000757. The lowest BCUT2D eigenvalue weighted by molar-refractivity contribution is -0.384. The van der Waals surface area contributed by atoms with E-state index in [0.29, 0.717) is 89.8 Å². The summed E-state index contributed by atoms with van der Waals surface area (Å²) in [7, 11) is -8.24. The summed E-state index contributed by atoms with van der Waals surface area (Å²) in [6.45, 7) is 98.5. The number of rotatable bonds is 47. The number of amides is 2. The van der Waals surface area contributed by atoms with Gasteiger partial charge in [-0.15, -0.1) is 6.58 Å². The third-order valence-corrected chi connectivity index (χ3v) is 50.7. The number of nitrogens with two attached hydrogens (primary N) is 1. The van der Waals surface area contributed by atoms with Gasteiger partial charge >= 0.3 is 5.97 Å². The van der Waals surface area contributed by atoms with Gasteiger partial charge in [0, 0.05) is 82.2 Å². The van der Waals surface area contributed by atoms with Crippen molar-refractivity contribution >= 4 is 88.3 Å². The van der Waals surface area contributed by atoms with E-state index in [1.54, 1.807) is 18.2 Å². The fourth-order valence-corrected chi connectivity index (χ4v) is 17.4. The molecule has 7 N–H and O–H groups in total. The van der Waals surface area contributed by atoms with Crippen LogP contribution in [0.25, 0.3) is 0 Å². The number of aliphatic hydroxyl groups excluding tert-OH is 4. The number of anilines is 1. The second-order valence-corrected chi connectivity index (χ2v) is 71.7. The molecule has 2 amide bonds. The van der Waals surface area contributed by atoms with Crippen LogP contribution >= 0.6 is 11.6 Å². The van der Waals surface area contributed by atoms with Crippen LogP contribution in [0.1, 0.15) is 361 Å². The summed E-state index contributed by atoms with van der Waals surface area (Å²) in [6, 6.07) is 15.9. The summed E-state index contributed by atoms with van der Waals surface area (Å²) in [6.07, 6.45) is 14.9. The Morgan fingerprint density at radius 1 is 0.540 bits per heavy atom. The number of fused-ring (bicyclic) bond motifs is 1. The minimum Gasteiger partial charge on any atom is -0.459 e. The Hall–Kier alpha value is -4.80. The molecule has 4 rings (SSSR count). The Bertz CT molecular complexity index is 3760. The molecule has 0 aliphatic carbocycles. The van der Waals surface area contributed by atoms with Crippen molar-refractivity contribution in [3.05, 3.63) is 111 Å². The number of Topliss-reactive ketones (excluding diaryl/α,β-unsaturated/α-hetero) is 1. The zero-order valence-electron chi connectivity index (χ0n) is 94.5. The molecule has 0 fully saturated rings. The number of ether oxygens (including phenoxy) is 1. The smallest absolute Gasteiger partial charge is 0.338 e. The molecule has 796 valence electrons. The average molecular weight is 2040 g/mol. The maximum atomic E-state index is 13.8. The van der Waals surface area contributed by atoms with E-state index in [9.17, 15) is 43.9 Å². The lowest BCUT2D eigenvalue weighted by Crippen LogP contribution is -2.44. The van der Waals surface area contributed by atoms with Crippen LogP contribution in [0.15, 0.2) is 67.3 Å². The highest BCUT2D eigenvalue weighted by Gasteiger charge is 2.44. The van der Waals surface area contributed by atoms with Gasteiger partial charge in [0.1, 0.15) is 23.1 Å². The molecular formula is C108H204ClFN6O16Si5. The van der Waals surface area contributed by atoms with Crippen molar-refractivity contribution in [2.24, 2.45) is 53.1 Å². The fourth-order valence-electron chi connectivity index (χ4n) is 11.8. The number of aromatic nitrogens is 1. The first-order valence-electron chi connectivity index (χ1n) is 51.1. The molecule has 0 saturated heterocycles. The molecule has 4 unspecified atom stereocenters. The molecule has 2 aromatic carbocycles. The van der Waals surface area contributed by atoms with Gasteiger partial charge < -0.3 is 58.3 Å². The van der Waals surface area contributed by atoms with E-state index in [2.05, 4.69) is 262 Å². The number of benzene rings is 2. The Kier molecular flexibility index (Phi) is 67.0. The van der Waals surface area contributed by atoms with Crippen LogP contribution in [-0.2, 0) is 31.7 Å². The number of allylic oxidation sites excluding steroid dienone is 1. The first-order chi connectivity index (χ1) is 62.4. The van der Waals surface area contributed by atoms with Gasteiger partial charge in [-0.1, -0.05) is 264 Å². The second-order valence-electron chi connectivity index (χ2n) is 47.3. The second kappa shape index (κ2) is 66.3. The van der Waals surface area contributed by atoms with Gasteiger partial charge in [0.25, 0.3) is 17.5 Å². The summed E-state index contributed by atoms with van der Waals surface area (Å²) in [5.74, 6) is 1.60. The van der Waals surface area contributed by atoms with E-state index >= 15 is 0 Å². The van der Waals surface area contributed by atoms with Gasteiger partial charge in [0.2, 0.25) is 0 Å². The molecule has 29 heteroatoms. The lowest BCUT2D eigenvalue weighted by atomic mass is 9.97. The van der Waals surface area contributed by atoms with Crippen molar-refractivity contribution in [3.63, 3.8) is 0 Å². The highest BCUT2D eigenvalue weighted by molar-refractivity contribution is 6.75. The molecule has 22 nitrogen and oxygen atoms in total. The van der Waals surface area contributed by atoms with E-state index in [0.717, 1.165) is 109 Å². The van der Waals surface area contributed by atoms with Crippen molar-refractivity contribution in [1.82, 2.24) is 9.88 Å². The molecule has 1 aliphatic rings. The van der Waals surface area contributed by atoms with Gasteiger partial charge in [-0.2, -0.15) is 5.26 Å². The molecule has 0 spiro atoms. The van der Waals surface area contributed by atoms with Crippen LogP contribution in [0, 0.1) is 74.6 Å². The van der Waals surface area contributed by atoms with Gasteiger partial charge in [-0.3, -0.25) is 29.4 Å². The number of hydrogen-bond acceptors (Lipinski definition) is 20. The van der Waals surface area contributed by atoms with Gasteiger partial charge in [-0.05, 0) is 246 Å². The zero-order chi connectivity index (χ0) is 108. The van der Waals surface area contributed by atoms with Crippen molar-refractivity contribution in [2.75, 3.05) is 45.0 Å². The number of pyridine rings is 1. The molecule has 7 atom stereocenters. The first-order valence-corrected chi connectivity index (χ1v) is 66.0. The molecule has 2 heterocycles. The standard InChI is InChI=1S/C21H33NO3Si.C20H33NO5Si.C14H19ClFN3.C13H31NOSi.2C13H30O2Si.C7H16O2.C7H12O/c1-15(2)18(13-10-14-25-26(6,7)21(3,4)5)22-19(23)16-11-8-9-12-17(16)20(22)24;1-15(2)18(9-8-14-25-27(6,7)20(3,4)5)26-19(22)16-10-12-17(13-11-16)21(23)24;1-4-5-6-12(9(2)3)18-14-11(16)7-10(8-17)13(15)19-14;3*1-11(2)12(14)9-8-10-15-16(6,7)13(3,4)5;1-6(2)7(9)4-3-5-8;1-4-5-7(8)6(2)3/h8-9,11-12,15,18H,10,13-14H2,1-7H3;10-13,15,18H,8-9,14H2,1-7H3;7,9,12H,4-6H2,1-3H3,(H,18,19);11-12H,8-10,14H2,1-7H3;2*11-12,14H,8-10H2,1-7H3;6-9H,3-5H2,1-2H3;4,6H,1,5H2,2-3H3/t18-;;2*12-;;;;/m1.11..../s1. The van der Waals surface area contributed by atoms with E-state index in [1.165, 1.54) is 29.2 Å². The molecule has 137 heavy (non-hydrogen) atoms. The number of ketones is 1. The predicted molar refractivity (Wildman–Crippen MR) is 587 cm³/mol. The number of nitrogens with zero attached hydrogens (tertiary/aromatic N) is 4. The number of non-ortho nitro benzene ring substituents is 1. The first kappa shape index (κ1) is 138. The molecule has 3 aromatic rings. The molecular weight excluding hydrogens is 1830 g/mol. The third kappa shape index (κ3) is 55.8. The van der Waals surface area contributed by atoms with E-state index < -0.39 is 58.3 Å². The Morgan fingerprint density at radius 2 is 0.891 bits per heavy atom. The minimum atomic E-state index is -1.77. The summed E-state index contributed by atoms with van der Waals surface area (Å²) in [5.41, 5.74) is 7.40. The summed E-state index contributed by atoms with van der Waals surface area (Å²) in [5, 5.41) is 60.7. The van der Waals surface area contributed by atoms with Crippen LogP contribution in [-0.4, -0.2) is 183 Å². The van der Waals surface area contributed by atoms with Gasteiger partial charge in [-0.25, -0.2) is 14.2 Å². The number of aliphatic hydroxyl groups is 4. The number of hydrogen-bond donors (Lipinski definition) is 6. The van der Waals surface area contributed by atoms with Crippen LogP contribution in [0.3, 0.4) is 0 Å². The monoisotopic (exact) mass is 2040 g/mol. The van der Waals surface area contributed by atoms with Crippen molar-refractivity contribution in [2.45, 2.75) is 457 Å². The van der Waals surface area contributed by atoms with E-state index in [1.807, 2.05) is 59.7 Å². The summed E-state index contributed by atoms with van der Waals surface area (Å²) < 4.78 is 50.1. The van der Waals surface area contributed by atoms with Gasteiger partial charge in [0.05, 0.1) is 45.5 Å². The van der Waals surface area contributed by atoms with Crippen LogP contribution in [0.5, 0.6) is 0 Å². The summed E-state index contributed by atoms with van der Waals surface area (Å²) >= 11 is 5.83. The molecule has 0 bridgehead atoms. The third-order valence-electron chi connectivity index (χ3n) is 27.7. The quantitative estimate of drug-likeness (QED) is 0.00447. The van der Waals surface area contributed by atoms with Crippen molar-refractivity contribution in [3.8, 4) is 6.07 Å². The summed E-state index contributed by atoms with van der Waals surface area (Å²) in [4.78, 5) is 64.2. The Morgan fingerprint density at radius 3 is 1.18 bits per heavy atom. The molecule has 0 radical (unpaired) electrons. The molecule has 1 aromatic heterocycles. The fraction of sp³-hybridized carbons (Fsp3) is 0.778. The number of nitriles is 1. The van der Waals surface area contributed by atoms with Gasteiger partial charge in [0.15, 0.2) is 53.2 Å². The Labute approximate surface area is 846 Å². The number of halogens is 2. The SMILES string of the molecule is C=CCC(=O)C(C)C.CC(C)C(CCCO[Si](C)(C)C(C)(C)C)OC(=O)c1ccc([N+](=O)[O-])cc1.CC(C)C(O)CCCO.CC(C)C(O)CCCO[Si](C)(C)C(C)(C)C.CC(C)C(O)CCCO[Si](C)(C)C(C)(C)C.CC(C)[C@@H](CCCO[Si](C)(C)C(C)(C)C)N1C(=O)c2ccccc2C1=O.CC(C)[C@H](N)CCCO[Si](C)(C)C(C)(C)C.CCCC[C@@H](Nc1nc(Cl)c(C#N)cc1F)C(C)C. The predicted octanol–water partition coefficient (Wildman–Crippen LogP) is 29.0. The van der Waals surface area contributed by atoms with E-state index in [-0.39, 0.29) is 121 Å². The zero-order valence-corrected chi connectivity index (χ0v) is 100. The van der Waals surface area contributed by atoms with Crippen molar-refractivity contribution in [1.29, 1.82) is 5.26 Å². The number of nitro groups is 1. The average Bonchev–Trinajstić information content (AvgIpc) is 1.62. The number of nitro benzene ring substituents is 1. The van der Waals surface area contributed by atoms with E-state index in [4.69, 9.17) is 59.7 Å². The number of unbranched alkanes of at least 4 members (excludes halogenated alkanes) is 1. The normalized spacial score (nSPS) is 14.4. The number of carbonyl (C=O) groups excluding carboxylic acids is 4. The number of esters is 1. The number of nitrogens with one attached hydrogen (secondary N) is 1. The van der Waals surface area contributed by atoms with Crippen molar-refractivity contribution < 1.29 is 75.8 Å². The molecule has 1 aliphatic heterocycles. The van der Waals surface area contributed by atoms with Crippen LogP contribution in [0.2, 0.25) is 95.8 Å². The molecule has 0 saturated carbocycles.